The molecular formula is C13H22O2S. The largest absolute Gasteiger partial charge is 0.219 e. The fourth-order valence-electron chi connectivity index (χ4n) is 2.12. The lowest BCUT2D eigenvalue weighted by Crippen LogP contribution is -2.19. The minimum Gasteiger partial charge on any atom is -0.219 e. The number of rotatable bonds is 0. The predicted molar refractivity (Wildman–Crippen MR) is 68.6 cm³/mol. The molecule has 0 saturated carbocycles. The molecule has 0 aliphatic carbocycles. The van der Waals surface area contributed by atoms with Gasteiger partial charge in [-0.2, -0.15) is 0 Å². The van der Waals surface area contributed by atoms with Gasteiger partial charge in [-0.1, -0.05) is 41.5 Å². The summed E-state index contributed by atoms with van der Waals surface area (Å²) in [5, 5.41) is 1.45. The molecule has 0 spiro atoms. The van der Waals surface area contributed by atoms with E-state index in [1.165, 1.54) is 5.41 Å². The Labute approximate surface area is 99.4 Å². The average molecular weight is 242 g/mol. The summed E-state index contributed by atoms with van der Waals surface area (Å²) >= 11 is 0. The van der Waals surface area contributed by atoms with Gasteiger partial charge in [0.15, 0.2) is 9.84 Å². The van der Waals surface area contributed by atoms with Gasteiger partial charge in [-0.25, -0.2) is 8.42 Å². The van der Waals surface area contributed by atoms with E-state index in [4.69, 9.17) is 0 Å². The van der Waals surface area contributed by atoms with Crippen LogP contribution in [0.15, 0.2) is 21.5 Å². The fraction of sp³-hybridized carbons (Fsp3) is 0.692. The van der Waals surface area contributed by atoms with Crippen LogP contribution in [0.2, 0.25) is 0 Å². The molecule has 2 nitrogen and oxygen atoms in total. The van der Waals surface area contributed by atoms with Crippen LogP contribution in [0.25, 0.3) is 0 Å². The Balaban J connectivity index is 3.55. The third-order valence-corrected chi connectivity index (χ3v) is 4.48. The molecule has 0 unspecified atom stereocenters. The quantitative estimate of drug-likeness (QED) is 0.649. The van der Waals surface area contributed by atoms with E-state index in [1.54, 1.807) is 6.92 Å². The Morgan fingerprint density at radius 3 is 1.62 bits per heavy atom. The summed E-state index contributed by atoms with van der Waals surface area (Å²) in [6, 6.07) is 0. The molecule has 0 fully saturated rings. The van der Waals surface area contributed by atoms with Crippen molar-refractivity contribution in [3.63, 3.8) is 0 Å². The van der Waals surface area contributed by atoms with Gasteiger partial charge in [0.25, 0.3) is 0 Å². The number of hydrogen-bond donors (Lipinski definition) is 0. The summed E-state index contributed by atoms with van der Waals surface area (Å²) in [7, 11) is -3.17. The van der Waals surface area contributed by atoms with Crippen molar-refractivity contribution in [1.82, 2.24) is 0 Å². The van der Waals surface area contributed by atoms with Crippen LogP contribution in [0.4, 0.5) is 0 Å². The molecule has 16 heavy (non-hydrogen) atoms. The van der Waals surface area contributed by atoms with E-state index >= 15 is 0 Å². The topological polar surface area (TPSA) is 34.1 Å². The van der Waals surface area contributed by atoms with Gasteiger partial charge in [-0.3, -0.25) is 0 Å². The summed E-state index contributed by atoms with van der Waals surface area (Å²) < 4.78 is 23.9. The molecule has 1 rings (SSSR count). The maximum atomic E-state index is 11.9. The Morgan fingerprint density at radius 2 is 1.38 bits per heavy atom. The highest BCUT2D eigenvalue weighted by atomic mass is 32.2. The van der Waals surface area contributed by atoms with Crippen molar-refractivity contribution in [2.75, 3.05) is 0 Å². The third-order valence-electron chi connectivity index (χ3n) is 2.88. The monoisotopic (exact) mass is 242 g/mol. The van der Waals surface area contributed by atoms with Crippen LogP contribution < -0.4 is 0 Å². The molecule has 0 amide bonds. The molecule has 0 aromatic heterocycles. The summed E-state index contributed by atoms with van der Waals surface area (Å²) in [6.07, 6.45) is 0. The SMILES string of the molecule is CC1=C(C(C)(C)C)C(C(C)(C)C)=CS1(=O)=O. The second-order valence-electron chi connectivity index (χ2n) is 6.51. The van der Waals surface area contributed by atoms with Gasteiger partial charge in [0.1, 0.15) is 0 Å². The fourth-order valence-corrected chi connectivity index (χ4v) is 3.78. The van der Waals surface area contributed by atoms with Gasteiger partial charge < -0.3 is 0 Å². The molecule has 0 aromatic rings. The van der Waals surface area contributed by atoms with Crippen LogP contribution in [-0.4, -0.2) is 8.42 Å². The maximum Gasteiger partial charge on any atom is 0.196 e. The molecule has 0 bridgehead atoms. The van der Waals surface area contributed by atoms with Crippen molar-refractivity contribution in [1.29, 1.82) is 0 Å². The average Bonchev–Trinajstić information content (AvgIpc) is 2.20. The molecule has 0 atom stereocenters. The number of sulfone groups is 1. The summed E-state index contributed by atoms with van der Waals surface area (Å²) in [6.45, 7) is 14.1. The minimum absolute atomic E-state index is 0.132. The van der Waals surface area contributed by atoms with Crippen molar-refractivity contribution in [3.05, 3.63) is 21.5 Å². The standard InChI is InChI=1S/C13H22O2S/c1-9-11(13(5,6)7)10(12(2,3)4)8-16(9,14)15/h8H,1-7H3. The molecule has 0 N–H and O–H groups in total. The second-order valence-corrected chi connectivity index (χ2v) is 8.45. The Kier molecular flexibility index (Phi) is 2.92. The van der Waals surface area contributed by atoms with Crippen LogP contribution in [0.3, 0.4) is 0 Å². The molecule has 1 aliphatic heterocycles. The van der Waals surface area contributed by atoms with Crippen molar-refractivity contribution < 1.29 is 8.42 Å². The molecule has 1 heterocycles. The number of allylic oxidation sites excluding steroid dienone is 3. The summed E-state index contributed by atoms with van der Waals surface area (Å²) in [5.74, 6) is 0. The smallest absolute Gasteiger partial charge is 0.196 e. The highest BCUT2D eigenvalue weighted by Gasteiger charge is 2.38. The van der Waals surface area contributed by atoms with Gasteiger partial charge >= 0.3 is 0 Å². The first-order valence-electron chi connectivity index (χ1n) is 5.56. The van der Waals surface area contributed by atoms with Crippen molar-refractivity contribution >= 4 is 9.84 Å². The lowest BCUT2D eigenvalue weighted by Gasteiger charge is -2.30. The van der Waals surface area contributed by atoms with Crippen LogP contribution in [0.5, 0.6) is 0 Å². The van der Waals surface area contributed by atoms with Gasteiger partial charge in [0.05, 0.1) is 0 Å². The van der Waals surface area contributed by atoms with E-state index in [9.17, 15) is 8.42 Å². The van der Waals surface area contributed by atoms with E-state index in [0.29, 0.717) is 4.91 Å². The summed E-state index contributed by atoms with van der Waals surface area (Å²) in [4.78, 5) is 0.518. The predicted octanol–water partition coefficient (Wildman–Crippen LogP) is 3.66. The van der Waals surface area contributed by atoms with E-state index in [-0.39, 0.29) is 10.8 Å². The first kappa shape index (κ1) is 13.5. The van der Waals surface area contributed by atoms with Gasteiger partial charge in [-0.05, 0) is 28.9 Å². The van der Waals surface area contributed by atoms with E-state index in [0.717, 1.165) is 11.1 Å². The van der Waals surface area contributed by atoms with Crippen LogP contribution in [0.1, 0.15) is 48.5 Å². The lowest BCUT2D eigenvalue weighted by atomic mass is 9.73. The molecule has 0 aromatic carbocycles. The molecular weight excluding hydrogens is 220 g/mol. The third kappa shape index (κ3) is 2.24. The van der Waals surface area contributed by atoms with E-state index in [1.807, 2.05) is 0 Å². The Bertz CT molecular complexity index is 463. The molecule has 0 saturated heterocycles. The zero-order chi connectivity index (χ0) is 12.9. The Hall–Kier alpha value is -0.570. The van der Waals surface area contributed by atoms with Crippen LogP contribution in [0, 0.1) is 10.8 Å². The highest BCUT2D eigenvalue weighted by Crippen LogP contribution is 2.47. The zero-order valence-electron chi connectivity index (χ0n) is 11.3. The zero-order valence-corrected chi connectivity index (χ0v) is 12.1. The Morgan fingerprint density at radius 1 is 0.938 bits per heavy atom. The second kappa shape index (κ2) is 3.46. The van der Waals surface area contributed by atoms with Crippen LogP contribution >= 0.6 is 0 Å². The molecule has 92 valence electrons. The van der Waals surface area contributed by atoms with Crippen LogP contribution in [-0.2, 0) is 9.84 Å². The normalized spacial score (nSPS) is 21.3. The van der Waals surface area contributed by atoms with Gasteiger partial charge in [0.2, 0.25) is 0 Å². The first-order valence-corrected chi connectivity index (χ1v) is 7.11. The number of hydrogen-bond acceptors (Lipinski definition) is 2. The van der Waals surface area contributed by atoms with Gasteiger partial charge in [0, 0.05) is 10.3 Å². The van der Waals surface area contributed by atoms with Crippen molar-refractivity contribution in [2.45, 2.75) is 48.5 Å². The summed E-state index contributed by atoms with van der Waals surface area (Å²) in [5.41, 5.74) is 1.68. The molecule has 3 heteroatoms. The highest BCUT2D eigenvalue weighted by molar-refractivity contribution is 7.98. The van der Waals surface area contributed by atoms with E-state index < -0.39 is 9.84 Å². The lowest BCUT2D eigenvalue weighted by molar-refractivity contribution is 0.447. The minimum atomic E-state index is -3.17. The first-order chi connectivity index (χ1) is 6.87. The molecule has 0 radical (unpaired) electrons. The van der Waals surface area contributed by atoms with Gasteiger partial charge in [-0.15, -0.1) is 0 Å². The molecule has 1 aliphatic rings. The van der Waals surface area contributed by atoms with Crippen molar-refractivity contribution in [3.8, 4) is 0 Å². The van der Waals surface area contributed by atoms with E-state index in [2.05, 4.69) is 41.5 Å². The van der Waals surface area contributed by atoms with Crippen molar-refractivity contribution in [2.24, 2.45) is 10.8 Å². The maximum absolute atomic E-state index is 11.9.